The Labute approximate surface area is 179 Å². The predicted molar refractivity (Wildman–Crippen MR) is 117 cm³/mol. The highest BCUT2D eigenvalue weighted by Crippen LogP contribution is 2.40. The molecule has 5 aromatic rings. The lowest BCUT2D eigenvalue weighted by molar-refractivity contribution is 0.700. The fraction of sp³-hybridized carbons (Fsp3) is 0.300. The Morgan fingerprint density at radius 2 is 1.97 bits per heavy atom. The number of benzene rings is 1. The Morgan fingerprint density at radius 3 is 2.83 bits per heavy atom. The van der Waals surface area contributed by atoms with E-state index in [1.807, 2.05) is 34.9 Å². The molecule has 0 fully saturated rings. The summed E-state index contributed by atoms with van der Waals surface area (Å²) in [7, 11) is 0. The van der Waals surface area contributed by atoms with Gasteiger partial charge >= 0.3 is 0 Å². The van der Waals surface area contributed by atoms with Gasteiger partial charge in [0, 0.05) is 15.7 Å². The van der Waals surface area contributed by atoms with Crippen molar-refractivity contribution >= 4 is 56.3 Å². The molecule has 0 spiro atoms. The molecule has 0 unspecified atom stereocenters. The topological polar surface area (TPSA) is 60.4 Å². The van der Waals surface area contributed by atoms with Crippen LogP contribution < -0.4 is 0 Å². The average molecular weight is 441 g/mol. The number of fused-ring (bicyclic) bond motifs is 8. The molecular weight excluding hydrogens is 424 g/mol. The molecule has 0 amide bonds. The monoisotopic (exact) mass is 440 g/mol. The minimum atomic E-state index is 0.727. The molecule has 1 aliphatic carbocycles. The standard InChI is InChI=1S/C20H17ClN6S2/c1-11-22-17-16-14-4-2-3-5-15(14)29-18(16)26-19(27(17)25-11)23-24-20(26)28-10-12-6-8-13(21)9-7-12/h6-9H,2-5,10H2,1H3. The number of rotatable bonds is 3. The molecule has 4 aromatic heterocycles. The number of hydrogen-bond acceptors (Lipinski definition) is 6. The quantitative estimate of drug-likeness (QED) is 0.364. The van der Waals surface area contributed by atoms with Gasteiger partial charge < -0.3 is 0 Å². The molecule has 0 radical (unpaired) electrons. The van der Waals surface area contributed by atoms with Crippen LogP contribution in [0.4, 0.5) is 0 Å². The van der Waals surface area contributed by atoms with Crippen molar-refractivity contribution in [1.82, 2.24) is 29.2 Å². The first-order chi connectivity index (χ1) is 14.2. The number of thioether (sulfide) groups is 1. The fourth-order valence-electron chi connectivity index (χ4n) is 4.06. The van der Waals surface area contributed by atoms with Crippen LogP contribution >= 0.6 is 34.7 Å². The van der Waals surface area contributed by atoms with E-state index >= 15 is 0 Å². The van der Waals surface area contributed by atoms with Crippen LogP contribution in [0.1, 0.15) is 34.7 Å². The van der Waals surface area contributed by atoms with E-state index < -0.39 is 0 Å². The summed E-state index contributed by atoms with van der Waals surface area (Å²) < 4.78 is 4.03. The number of hydrogen-bond donors (Lipinski definition) is 0. The molecule has 0 bridgehead atoms. The molecule has 1 aliphatic rings. The molecule has 29 heavy (non-hydrogen) atoms. The molecule has 1 aromatic carbocycles. The van der Waals surface area contributed by atoms with Gasteiger partial charge in [-0.2, -0.15) is 4.52 Å². The first kappa shape index (κ1) is 17.7. The van der Waals surface area contributed by atoms with Gasteiger partial charge in [0.1, 0.15) is 10.7 Å². The maximum absolute atomic E-state index is 6.01. The maximum atomic E-state index is 6.01. The first-order valence-corrected chi connectivity index (χ1v) is 11.8. The summed E-state index contributed by atoms with van der Waals surface area (Å²) in [4.78, 5) is 7.41. The SMILES string of the molecule is Cc1nc2c3c4c(sc3n3c(SCc5ccc(Cl)cc5)nnc3n2n1)CCCC4. The minimum absolute atomic E-state index is 0.727. The Morgan fingerprint density at radius 1 is 1.14 bits per heavy atom. The van der Waals surface area contributed by atoms with Crippen LogP contribution in [0.5, 0.6) is 0 Å². The maximum Gasteiger partial charge on any atom is 0.260 e. The third kappa shape index (κ3) is 2.77. The molecule has 0 N–H and O–H groups in total. The van der Waals surface area contributed by atoms with E-state index in [9.17, 15) is 0 Å². The van der Waals surface area contributed by atoms with E-state index in [-0.39, 0.29) is 0 Å². The lowest BCUT2D eigenvalue weighted by atomic mass is 9.97. The normalized spacial score (nSPS) is 14.3. The highest BCUT2D eigenvalue weighted by atomic mass is 35.5. The zero-order chi connectivity index (χ0) is 19.5. The van der Waals surface area contributed by atoms with Crippen molar-refractivity contribution in [3.63, 3.8) is 0 Å². The van der Waals surface area contributed by atoms with Crippen molar-refractivity contribution in [2.45, 2.75) is 43.5 Å². The first-order valence-electron chi connectivity index (χ1n) is 9.61. The number of thiophene rings is 1. The molecular formula is C20H17ClN6S2. The van der Waals surface area contributed by atoms with Gasteiger partial charge in [-0.15, -0.1) is 26.6 Å². The molecule has 146 valence electrons. The summed E-state index contributed by atoms with van der Waals surface area (Å²) in [5, 5.41) is 16.5. The van der Waals surface area contributed by atoms with E-state index in [1.165, 1.54) is 39.1 Å². The molecule has 0 aliphatic heterocycles. The molecule has 0 atom stereocenters. The van der Waals surface area contributed by atoms with E-state index in [0.29, 0.717) is 0 Å². The van der Waals surface area contributed by atoms with Crippen LogP contribution in [0.2, 0.25) is 5.02 Å². The number of nitrogens with zero attached hydrogens (tertiary/aromatic N) is 6. The van der Waals surface area contributed by atoms with Gasteiger partial charge in [0.05, 0.1) is 5.39 Å². The van der Waals surface area contributed by atoms with E-state index in [4.69, 9.17) is 16.6 Å². The summed E-state index contributed by atoms with van der Waals surface area (Å²) in [6.07, 6.45) is 4.74. The largest absolute Gasteiger partial charge is 0.260 e. The molecule has 4 heterocycles. The lowest BCUT2D eigenvalue weighted by Gasteiger charge is -2.10. The van der Waals surface area contributed by atoms with Crippen LogP contribution in [-0.2, 0) is 18.6 Å². The van der Waals surface area contributed by atoms with Crippen molar-refractivity contribution in [3.05, 3.63) is 51.1 Å². The molecule has 0 saturated carbocycles. The number of halogens is 1. The fourth-order valence-corrected chi connectivity index (χ4v) is 6.51. The third-order valence-electron chi connectivity index (χ3n) is 5.38. The van der Waals surface area contributed by atoms with Gasteiger partial charge in [0.2, 0.25) is 0 Å². The van der Waals surface area contributed by atoms with Gasteiger partial charge in [-0.05, 0) is 55.9 Å². The van der Waals surface area contributed by atoms with Crippen molar-refractivity contribution in [1.29, 1.82) is 0 Å². The van der Waals surface area contributed by atoms with Crippen molar-refractivity contribution in [2.24, 2.45) is 0 Å². The van der Waals surface area contributed by atoms with Gasteiger partial charge in [-0.3, -0.25) is 0 Å². The zero-order valence-electron chi connectivity index (χ0n) is 15.7. The van der Waals surface area contributed by atoms with Gasteiger partial charge in [0.15, 0.2) is 10.8 Å². The predicted octanol–water partition coefficient (Wildman–Crippen LogP) is 5.12. The molecule has 0 saturated heterocycles. The summed E-state index contributed by atoms with van der Waals surface area (Å²) in [5.41, 5.74) is 3.56. The van der Waals surface area contributed by atoms with E-state index in [0.717, 1.165) is 46.0 Å². The summed E-state index contributed by atoms with van der Waals surface area (Å²) in [6, 6.07) is 7.95. The Balaban J connectivity index is 1.56. The number of aryl methyl sites for hydroxylation is 3. The second-order valence-electron chi connectivity index (χ2n) is 7.32. The van der Waals surface area contributed by atoms with E-state index in [2.05, 4.69) is 31.8 Å². The molecule has 6 rings (SSSR count). The summed E-state index contributed by atoms with van der Waals surface area (Å²) >= 11 is 9.56. The Hall–Kier alpha value is -2.16. The van der Waals surface area contributed by atoms with Crippen LogP contribution in [0.3, 0.4) is 0 Å². The highest BCUT2D eigenvalue weighted by molar-refractivity contribution is 7.98. The Bertz CT molecular complexity index is 1380. The smallest absolute Gasteiger partial charge is 0.244 e. The zero-order valence-corrected chi connectivity index (χ0v) is 18.1. The number of aromatic nitrogens is 6. The third-order valence-corrected chi connectivity index (χ3v) is 7.91. The van der Waals surface area contributed by atoms with Crippen LogP contribution in [0, 0.1) is 6.92 Å². The summed E-state index contributed by atoms with van der Waals surface area (Å²) in [5.74, 6) is 2.29. The van der Waals surface area contributed by atoms with E-state index in [1.54, 1.807) is 11.8 Å². The second kappa shape index (κ2) is 6.68. The average Bonchev–Trinajstić information content (AvgIpc) is 3.41. The second-order valence-corrected chi connectivity index (χ2v) is 9.78. The van der Waals surface area contributed by atoms with Crippen molar-refractivity contribution in [2.75, 3.05) is 0 Å². The Kier molecular flexibility index (Phi) is 4.07. The van der Waals surface area contributed by atoms with Gasteiger partial charge in [-0.25, -0.2) is 9.38 Å². The van der Waals surface area contributed by atoms with Gasteiger partial charge in [-0.1, -0.05) is 35.5 Å². The van der Waals surface area contributed by atoms with Crippen molar-refractivity contribution < 1.29 is 0 Å². The van der Waals surface area contributed by atoms with Gasteiger partial charge in [0.25, 0.3) is 5.78 Å². The minimum Gasteiger partial charge on any atom is -0.244 e. The molecule has 9 heteroatoms. The molecule has 6 nitrogen and oxygen atoms in total. The van der Waals surface area contributed by atoms with Crippen LogP contribution in [-0.4, -0.2) is 29.2 Å². The lowest BCUT2D eigenvalue weighted by Crippen LogP contribution is -2.01. The highest BCUT2D eigenvalue weighted by Gasteiger charge is 2.25. The van der Waals surface area contributed by atoms with Crippen LogP contribution in [0.25, 0.3) is 21.6 Å². The van der Waals surface area contributed by atoms with Crippen molar-refractivity contribution in [3.8, 4) is 0 Å². The summed E-state index contributed by atoms with van der Waals surface area (Å²) in [6.45, 7) is 1.93. The van der Waals surface area contributed by atoms with Crippen LogP contribution in [0.15, 0.2) is 29.4 Å².